The molecule has 0 aromatic rings. The molecule has 74 valence electrons. The first kappa shape index (κ1) is 12.2. The highest BCUT2D eigenvalue weighted by Crippen LogP contribution is 1.97. The first-order valence-corrected chi connectivity index (χ1v) is 4.86. The number of hydrogen-bond acceptors (Lipinski definition) is 1. The van der Waals surface area contributed by atoms with Gasteiger partial charge in [-0.15, -0.1) is 0 Å². The van der Waals surface area contributed by atoms with Crippen molar-refractivity contribution in [3.63, 3.8) is 0 Å². The maximum absolute atomic E-state index is 3.99. The minimum absolute atomic E-state index is 0.960. The molecule has 0 saturated heterocycles. The van der Waals surface area contributed by atoms with Crippen molar-refractivity contribution in [2.45, 2.75) is 20.3 Å². The van der Waals surface area contributed by atoms with Crippen molar-refractivity contribution in [3.05, 3.63) is 36.5 Å². The number of likely N-dealkylation sites (N-methyl/N-ethyl adjacent to an activating group) is 1. The first-order chi connectivity index (χ1) is 6.20. The third-order valence-electron chi connectivity index (χ3n) is 1.71. The summed E-state index contributed by atoms with van der Waals surface area (Å²) in [6.07, 6.45) is 9.32. The molecule has 0 aromatic carbocycles. The van der Waals surface area contributed by atoms with Crippen molar-refractivity contribution in [1.82, 2.24) is 4.90 Å². The van der Waals surface area contributed by atoms with Gasteiger partial charge >= 0.3 is 0 Å². The van der Waals surface area contributed by atoms with Crippen LogP contribution < -0.4 is 0 Å². The van der Waals surface area contributed by atoms with Crippen LogP contribution >= 0.6 is 0 Å². The molecule has 0 fully saturated rings. The van der Waals surface area contributed by atoms with Gasteiger partial charge in [0.1, 0.15) is 0 Å². The lowest BCUT2D eigenvalue weighted by Gasteiger charge is -2.14. The Labute approximate surface area is 82.4 Å². The van der Waals surface area contributed by atoms with Gasteiger partial charge in [-0.3, -0.25) is 0 Å². The van der Waals surface area contributed by atoms with E-state index in [2.05, 4.69) is 31.5 Å². The molecule has 0 aliphatic rings. The smallest absolute Gasteiger partial charge is 0.0224 e. The van der Waals surface area contributed by atoms with Gasteiger partial charge in [-0.1, -0.05) is 37.8 Å². The normalized spacial score (nSPS) is 12.0. The van der Waals surface area contributed by atoms with Gasteiger partial charge in [0, 0.05) is 6.54 Å². The van der Waals surface area contributed by atoms with E-state index in [1.165, 1.54) is 6.42 Å². The molecule has 0 N–H and O–H groups in total. The fraction of sp³-hybridized carbons (Fsp3) is 0.500. The molecule has 0 unspecified atom stereocenters. The van der Waals surface area contributed by atoms with Crippen LogP contribution in [-0.4, -0.2) is 25.0 Å². The molecular formula is C12H21N. The van der Waals surface area contributed by atoms with Crippen molar-refractivity contribution >= 4 is 0 Å². The molecule has 0 atom stereocenters. The number of rotatable bonds is 6. The van der Waals surface area contributed by atoms with Crippen molar-refractivity contribution in [3.8, 4) is 0 Å². The van der Waals surface area contributed by atoms with Crippen molar-refractivity contribution in [1.29, 1.82) is 0 Å². The molecule has 0 amide bonds. The van der Waals surface area contributed by atoms with Gasteiger partial charge in [-0.2, -0.15) is 0 Å². The summed E-state index contributed by atoms with van der Waals surface area (Å²) in [6, 6.07) is 0. The van der Waals surface area contributed by atoms with Crippen LogP contribution in [0, 0.1) is 0 Å². The van der Waals surface area contributed by atoms with Crippen LogP contribution in [0.25, 0.3) is 0 Å². The molecule has 0 aromatic heterocycles. The molecule has 0 aliphatic heterocycles. The topological polar surface area (TPSA) is 3.24 Å². The zero-order valence-electron chi connectivity index (χ0n) is 9.09. The van der Waals surface area contributed by atoms with Crippen LogP contribution in [0.5, 0.6) is 0 Å². The average molecular weight is 179 g/mol. The second-order valence-electron chi connectivity index (χ2n) is 3.28. The van der Waals surface area contributed by atoms with E-state index in [0.29, 0.717) is 0 Å². The van der Waals surface area contributed by atoms with Crippen LogP contribution in [0.4, 0.5) is 0 Å². The molecule has 0 spiro atoms. The zero-order valence-corrected chi connectivity index (χ0v) is 9.09. The van der Waals surface area contributed by atoms with Gasteiger partial charge < -0.3 is 4.90 Å². The Balaban J connectivity index is 3.73. The van der Waals surface area contributed by atoms with Gasteiger partial charge in [0.25, 0.3) is 0 Å². The van der Waals surface area contributed by atoms with Gasteiger partial charge in [0.15, 0.2) is 0 Å². The number of hydrogen-bond donors (Lipinski definition) is 0. The Morgan fingerprint density at radius 3 is 2.62 bits per heavy atom. The summed E-state index contributed by atoms with van der Waals surface area (Å²) >= 11 is 0. The monoisotopic (exact) mass is 179 g/mol. The molecule has 0 saturated carbocycles. The second-order valence-corrected chi connectivity index (χ2v) is 3.28. The van der Waals surface area contributed by atoms with Crippen LogP contribution in [0.15, 0.2) is 36.5 Å². The van der Waals surface area contributed by atoms with Gasteiger partial charge in [0.05, 0.1) is 0 Å². The summed E-state index contributed by atoms with van der Waals surface area (Å²) in [5.41, 5.74) is 1.16. The minimum Gasteiger partial charge on any atom is -0.302 e. The van der Waals surface area contributed by atoms with Crippen LogP contribution in [0.2, 0.25) is 0 Å². The highest BCUT2D eigenvalue weighted by atomic mass is 15.1. The van der Waals surface area contributed by atoms with E-state index in [-0.39, 0.29) is 0 Å². The van der Waals surface area contributed by atoms with Gasteiger partial charge in [-0.05, 0) is 32.5 Å². The fourth-order valence-electron chi connectivity index (χ4n) is 1.16. The maximum atomic E-state index is 3.99. The molecule has 0 heterocycles. The minimum atomic E-state index is 0.960. The lowest BCUT2D eigenvalue weighted by atomic mass is 10.2. The predicted molar refractivity (Wildman–Crippen MR) is 60.9 cm³/mol. The maximum Gasteiger partial charge on any atom is 0.0224 e. The summed E-state index contributed by atoms with van der Waals surface area (Å²) in [5.74, 6) is 0. The Bertz CT molecular complexity index is 189. The Hall–Kier alpha value is -0.820. The quantitative estimate of drug-likeness (QED) is 0.566. The van der Waals surface area contributed by atoms with E-state index < -0.39 is 0 Å². The van der Waals surface area contributed by atoms with Crippen molar-refractivity contribution in [2.24, 2.45) is 0 Å². The summed E-state index contributed by atoms with van der Waals surface area (Å²) < 4.78 is 0. The van der Waals surface area contributed by atoms with E-state index >= 15 is 0 Å². The van der Waals surface area contributed by atoms with E-state index in [9.17, 15) is 0 Å². The Kier molecular flexibility index (Phi) is 7.32. The Morgan fingerprint density at radius 2 is 2.08 bits per heavy atom. The van der Waals surface area contributed by atoms with Gasteiger partial charge in [-0.25, -0.2) is 0 Å². The number of nitrogens with zero attached hydrogens (tertiary/aromatic N) is 1. The summed E-state index contributed by atoms with van der Waals surface area (Å²) in [5, 5.41) is 0. The Morgan fingerprint density at radius 1 is 1.38 bits per heavy atom. The molecule has 0 radical (unpaired) electrons. The molecule has 0 aliphatic carbocycles. The van der Waals surface area contributed by atoms with Crippen LogP contribution in [0.3, 0.4) is 0 Å². The van der Waals surface area contributed by atoms with E-state index in [1.807, 2.05) is 25.2 Å². The van der Waals surface area contributed by atoms with Crippen molar-refractivity contribution in [2.75, 3.05) is 20.1 Å². The molecule has 0 rings (SSSR count). The molecule has 1 nitrogen and oxygen atoms in total. The highest BCUT2D eigenvalue weighted by molar-refractivity contribution is 5.20. The third kappa shape index (κ3) is 7.54. The SMILES string of the molecule is C=C(/C=C\C=C/C)CN(C)CCC. The number of allylic oxidation sites excluding steroid dienone is 3. The third-order valence-corrected chi connectivity index (χ3v) is 1.71. The van der Waals surface area contributed by atoms with Crippen LogP contribution in [-0.2, 0) is 0 Å². The largest absolute Gasteiger partial charge is 0.302 e. The summed E-state index contributed by atoms with van der Waals surface area (Å²) in [4.78, 5) is 2.28. The fourth-order valence-corrected chi connectivity index (χ4v) is 1.16. The van der Waals surface area contributed by atoms with Crippen molar-refractivity contribution < 1.29 is 0 Å². The molecular weight excluding hydrogens is 158 g/mol. The molecule has 13 heavy (non-hydrogen) atoms. The van der Waals surface area contributed by atoms with Crippen LogP contribution in [0.1, 0.15) is 20.3 Å². The average Bonchev–Trinajstić information content (AvgIpc) is 2.05. The van der Waals surface area contributed by atoms with E-state index in [1.54, 1.807) is 0 Å². The standard InChI is InChI=1S/C12H21N/c1-5-7-8-9-12(3)11-13(4)10-6-2/h5,7-9H,3,6,10-11H2,1-2,4H3/b7-5-,9-8-. The molecule has 1 heteroatoms. The summed E-state index contributed by atoms with van der Waals surface area (Å²) in [6.45, 7) is 10.3. The molecule has 0 bridgehead atoms. The van der Waals surface area contributed by atoms with Gasteiger partial charge in [0.2, 0.25) is 0 Å². The zero-order chi connectivity index (χ0) is 10.1. The predicted octanol–water partition coefficient (Wildman–Crippen LogP) is 3.02. The first-order valence-electron chi connectivity index (χ1n) is 4.86. The highest BCUT2D eigenvalue weighted by Gasteiger charge is 1.95. The second kappa shape index (κ2) is 7.81. The summed E-state index contributed by atoms with van der Waals surface area (Å²) in [7, 11) is 2.12. The lowest BCUT2D eigenvalue weighted by molar-refractivity contribution is 0.365. The lowest BCUT2D eigenvalue weighted by Crippen LogP contribution is -2.20. The van der Waals surface area contributed by atoms with E-state index in [0.717, 1.165) is 18.7 Å². The van der Waals surface area contributed by atoms with E-state index in [4.69, 9.17) is 0 Å².